The van der Waals surface area contributed by atoms with Crippen LogP contribution in [0.3, 0.4) is 0 Å². The number of likely N-dealkylation sites (N-methyl/N-ethyl adjacent to an activating group) is 1. The van der Waals surface area contributed by atoms with Gasteiger partial charge in [0.05, 0.1) is 6.10 Å². The van der Waals surface area contributed by atoms with Crippen LogP contribution >= 0.6 is 12.2 Å². The fourth-order valence-electron chi connectivity index (χ4n) is 1.01. The average molecular weight is 219 g/mol. The molecular weight excluding hydrogens is 198 g/mol. The summed E-state index contributed by atoms with van der Waals surface area (Å²) in [6, 6.07) is 0.320. The van der Waals surface area contributed by atoms with Crippen molar-refractivity contribution >= 4 is 17.3 Å². The van der Waals surface area contributed by atoms with Gasteiger partial charge < -0.3 is 20.6 Å². The first-order valence-corrected chi connectivity index (χ1v) is 5.19. The summed E-state index contributed by atoms with van der Waals surface area (Å²) in [5.41, 5.74) is 0. The van der Waals surface area contributed by atoms with Crippen LogP contribution in [-0.4, -0.2) is 54.4 Å². The molecular formula is C9H21N3OS. The lowest BCUT2D eigenvalue weighted by atomic mass is 10.3. The second kappa shape index (κ2) is 6.98. The van der Waals surface area contributed by atoms with Crippen LogP contribution in [0.1, 0.15) is 13.8 Å². The number of aliphatic hydroxyl groups excluding tert-OH is 1. The van der Waals surface area contributed by atoms with Gasteiger partial charge in [0.25, 0.3) is 0 Å². The van der Waals surface area contributed by atoms with Gasteiger partial charge in [-0.1, -0.05) is 0 Å². The van der Waals surface area contributed by atoms with Crippen LogP contribution < -0.4 is 10.6 Å². The van der Waals surface area contributed by atoms with Crippen LogP contribution in [0.15, 0.2) is 0 Å². The van der Waals surface area contributed by atoms with Crippen LogP contribution in [0, 0.1) is 0 Å². The van der Waals surface area contributed by atoms with E-state index in [0.717, 1.165) is 0 Å². The maximum atomic E-state index is 9.51. The normalized spacial score (nSPS) is 13.1. The van der Waals surface area contributed by atoms with E-state index in [4.69, 9.17) is 12.2 Å². The quantitative estimate of drug-likeness (QED) is 0.558. The van der Waals surface area contributed by atoms with Crippen molar-refractivity contribution in [3.63, 3.8) is 0 Å². The van der Waals surface area contributed by atoms with Crippen molar-refractivity contribution in [1.29, 1.82) is 0 Å². The highest BCUT2D eigenvalue weighted by Gasteiger charge is 2.06. The average Bonchev–Trinajstić information content (AvgIpc) is 1.98. The number of aliphatic hydroxyl groups is 1. The molecule has 0 saturated heterocycles. The highest BCUT2D eigenvalue weighted by molar-refractivity contribution is 7.80. The Morgan fingerprint density at radius 2 is 2.00 bits per heavy atom. The molecule has 0 heterocycles. The summed E-state index contributed by atoms with van der Waals surface area (Å²) in [5.74, 6) is 0. The number of rotatable bonds is 5. The van der Waals surface area contributed by atoms with E-state index in [1.807, 2.05) is 32.8 Å². The summed E-state index contributed by atoms with van der Waals surface area (Å²) < 4.78 is 0. The zero-order valence-corrected chi connectivity index (χ0v) is 10.2. The third-order valence-corrected chi connectivity index (χ3v) is 1.76. The molecule has 84 valence electrons. The fourth-order valence-corrected chi connectivity index (χ4v) is 1.33. The standard InChI is InChI=1S/C9H21N3OS/c1-7(2)11-9(14)10-5-8(13)6-12(3)4/h7-8,13H,5-6H2,1-4H3,(H2,10,11,14). The Kier molecular flexibility index (Phi) is 6.78. The first-order valence-electron chi connectivity index (χ1n) is 4.79. The van der Waals surface area contributed by atoms with Crippen molar-refractivity contribution in [3.8, 4) is 0 Å². The SMILES string of the molecule is CC(C)NC(=S)NCC(O)CN(C)C. The summed E-state index contributed by atoms with van der Waals surface area (Å²) in [5, 5.41) is 16.1. The topological polar surface area (TPSA) is 47.5 Å². The van der Waals surface area contributed by atoms with Gasteiger partial charge in [0.15, 0.2) is 5.11 Å². The van der Waals surface area contributed by atoms with Crippen LogP contribution in [0.5, 0.6) is 0 Å². The molecule has 3 N–H and O–H groups in total. The lowest BCUT2D eigenvalue weighted by molar-refractivity contribution is 0.139. The molecule has 0 aromatic carbocycles. The van der Waals surface area contributed by atoms with Crippen LogP contribution in [0.25, 0.3) is 0 Å². The monoisotopic (exact) mass is 219 g/mol. The molecule has 0 rings (SSSR count). The van der Waals surface area contributed by atoms with E-state index in [0.29, 0.717) is 24.2 Å². The van der Waals surface area contributed by atoms with Crippen LogP contribution in [-0.2, 0) is 0 Å². The molecule has 0 aromatic rings. The number of hydrogen-bond acceptors (Lipinski definition) is 3. The highest BCUT2D eigenvalue weighted by Crippen LogP contribution is 1.84. The molecule has 0 spiro atoms. The molecule has 0 aliphatic heterocycles. The molecule has 0 amide bonds. The van der Waals surface area contributed by atoms with E-state index in [1.165, 1.54) is 0 Å². The smallest absolute Gasteiger partial charge is 0.166 e. The summed E-state index contributed by atoms with van der Waals surface area (Å²) >= 11 is 5.02. The van der Waals surface area contributed by atoms with Crippen LogP contribution in [0.4, 0.5) is 0 Å². The maximum absolute atomic E-state index is 9.51. The van der Waals surface area contributed by atoms with Gasteiger partial charge in [0, 0.05) is 19.1 Å². The van der Waals surface area contributed by atoms with Gasteiger partial charge in [0.2, 0.25) is 0 Å². The van der Waals surface area contributed by atoms with E-state index in [-0.39, 0.29) is 0 Å². The van der Waals surface area contributed by atoms with E-state index in [2.05, 4.69) is 10.6 Å². The summed E-state index contributed by atoms with van der Waals surface area (Å²) in [6.07, 6.45) is -0.392. The Labute approximate surface area is 91.7 Å². The van der Waals surface area contributed by atoms with Gasteiger partial charge >= 0.3 is 0 Å². The molecule has 0 saturated carbocycles. The molecule has 0 fully saturated rings. The van der Waals surface area contributed by atoms with Crippen molar-refractivity contribution in [1.82, 2.24) is 15.5 Å². The third-order valence-electron chi connectivity index (χ3n) is 1.49. The highest BCUT2D eigenvalue weighted by atomic mass is 32.1. The van der Waals surface area contributed by atoms with Gasteiger partial charge in [-0.05, 0) is 40.2 Å². The fraction of sp³-hybridized carbons (Fsp3) is 0.889. The predicted molar refractivity (Wildman–Crippen MR) is 63.4 cm³/mol. The van der Waals surface area contributed by atoms with Crippen molar-refractivity contribution in [2.75, 3.05) is 27.2 Å². The number of nitrogens with one attached hydrogen (secondary N) is 2. The minimum Gasteiger partial charge on any atom is -0.390 e. The Morgan fingerprint density at radius 3 is 2.43 bits per heavy atom. The van der Waals surface area contributed by atoms with Crippen molar-refractivity contribution in [3.05, 3.63) is 0 Å². The van der Waals surface area contributed by atoms with Crippen molar-refractivity contribution in [2.24, 2.45) is 0 Å². The lowest BCUT2D eigenvalue weighted by Crippen LogP contribution is -2.44. The van der Waals surface area contributed by atoms with Crippen LogP contribution in [0.2, 0.25) is 0 Å². The van der Waals surface area contributed by atoms with E-state index < -0.39 is 6.10 Å². The number of thiocarbonyl (C=S) groups is 1. The van der Waals surface area contributed by atoms with Crippen molar-refractivity contribution < 1.29 is 5.11 Å². The number of nitrogens with zero attached hydrogens (tertiary/aromatic N) is 1. The van der Waals surface area contributed by atoms with Gasteiger partial charge in [-0.3, -0.25) is 0 Å². The molecule has 0 bridgehead atoms. The Bertz CT molecular complexity index is 173. The molecule has 1 unspecified atom stereocenters. The van der Waals surface area contributed by atoms with Gasteiger partial charge in [-0.2, -0.15) is 0 Å². The first kappa shape index (κ1) is 13.6. The Balaban J connectivity index is 3.56. The van der Waals surface area contributed by atoms with E-state index in [1.54, 1.807) is 0 Å². The molecule has 0 aliphatic rings. The lowest BCUT2D eigenvalue weighted by Gasteiger charge is -2.18. The maximum Gasteiger partial charge on any atom is 0.166 e. The van der Waals surface area contributed by atoms with E-state index >= 15 is 0 Å². The summed E-state index contributed by atoms with van der Waals surface area (Å²) in [7, 11) is 3.85. The molecule has 5 heteroatoms. The van der Waals surface area contributed by atoms with Gasteiger partial charge in [-0.15, -0.1) is 0 Å². The van der Waals surface area contributed by atoms with Crippen molar-refractivity contribution in [2.45, 2.75) is 26.0 Å². The Morgan fingerprint density at radius 1 is 1.43 bits per heavy atom. The zero-order chi connectivity index (χ0) is 11.1. The summed E-state index contributed by atoms with van der Waals surface area (Å²) in [6.45, 7) is 5.16. The van der Waals surface area contributed by atoms with Gasteiger partial charge in [-0.25, -0.2) is 0 Å². The first-order chi connectivity index (χ1) is 6.41. The molecule has 0 aliphatic carbocycles. The second-order valence-electron chi connectivity index (χ2n) is 3.93. The molecule has 0 radical (unpaired) electrons. The molecule has 14 heavy (non-hydrogen) atoms. The molecule has 1 atom stereocenters. The second-order valence-corrected chi connectivity index (χ2v) is 4.33. The summed E-state index contributed by atoms with van der Waals surface area (Å²) in [4.78, 5) is 1.94. The minimum absolute atomic E-state index is 0.320. The zero-order valence-electron chi connectivity index (χ0n) is 9.37. The van der Waals surface area contributed by atoms with Gasteiger partial charge in [0.1, 0.15) is 0 Å². The molecule has 4 nitrogen and oxygen atoms in total. The molecule has 0 aromatic heterocycles. The predicted octanol–water partition coefficient (Wildman–Crippen LogP) is -0.219. The van der Waals surface area contributed by atoms with E-state index in [9.17, 15) is 5.11 Å². The number of hydrogen-bond donors (Lipinski definition) is 3. The minimum atomic E-state index is -0.392. The Hall–Kier alpha value is -0.390. The third kappa shape index (κ3) is 8.22. The largest absolute Gasteiger partial charge is 0.390 e.